The van der Waals surface area contributed by atoms with E-state index in [0.29, 0.717) is 12.4 Å². The molecule has 0 aliphatic rings. The van der Waals surface area contributed by atoms with Crippen LogP contribution in [0.15, 0.2) is 12.4 Å². The smallest absolute Gasteiger partial charge is 0.380 e. The molecule has 0 unspecified atom stereocenters. The molecule has 0 fully saturated rings. The third-order valence-electron chi connectivity index (χ3n) is 2.14. The van der Waals surface area contributed by atoms with Crippen LogP contribution in [0.4, 0.5) is 0 Å². The van der Waals surface area contributed by atoms with Gasteiger partial charge in [-0.25, -0.2) is 9.97 Å². The average molecular weight is 318 g/mol. The molecule has 114 valence electrons. The topological polar surface area (TPSA) is 53.5 Å². The molecule has 0 aromatic carbocycles. The first-order valence-corrected chi connectivity index (χ1v) is 9.17. The normalized spacial score (nSPS) is 15.2. The van der Waals surface area contributed by atoms with Crippen molar-refractivity contribution >= 4 is 18.5 Å². The number of hydrogen-bond donors (Lipinski definition) is 0. The summed E-state index contributed by atoms with van der Waals surface area (Å²) in [4.78, 5) is 8.60. The van der Waals surface area contributed by atoms with Gasteiger partial charge in [-0.3, -0.25) is 9.05 Å². The third kappa shape index (κ3) is 5.44. The Bertz CT molecular complexity index is 471. The number of aromatic nitrogens is 2. The van der Waals surface area contributed by atoms with E-state index in [1.807, 2.05) is 20.8 Å². The predicted octanol–water partition coefficient (Wildman–Crippen LogP) is 3.84. The van der Waals surface area contributed by atoms with Crippen molar-refractivity contribution in [1.82, 2.24) is 9.97 Å². The molecule has 0 saturated carbocycles. The van der Waals surface area contributed by atoms with Crippen LogP contribution in [0, 0.1) is 0 Å². The van der Waals surface area contributed by atoms with E-state index >= 15 is 0 Å². The Kier molecular flexibility index (Phi) is 6.07. The van der Waals surface area contributed by atoms with Gasteiger partial charge in [0.25, 0.3) is 0 Å². The summed E-state index contributed by atoms with van der Waals surface area (Å²) in [5.74, 6) is 1.22. The van der Waals surface area contributed by atoms with Crippen molar-refractivity contribution in [1.29, 1.82) is 0 Å². The van der Waals surface area contributed by atoms with E-state index < -0.39 is 6.72 Å². The van der Waals surface area contributed by atoms with Gasteiger partial charge in [0.15, 0.2) is 5.75 Å². The minimum absolute atomic E-state index is 0.0675. The lowest BCUT2D eigenvalue weighted by Crippen LogP contribution is -2.15. The summed E-state index contributed by atoms with van der Waals surface area (Å²) in [6.45, 7) is 9.43. The maximum Gasteiger partial charge on any atom is 0.380 e. The van der Waals surface area contributed by atoms with E-state index in [-0.39, 0.29) is 11.5 Å². The molecule has 0 aliphatic carbocycles. The Morgan fingerprint density at radius 2 is 1.80 bits per heavy atom. The van der Waals surface area contributed by atoms with Crippen molar-refractivity contribution in [2.24, 2.45) is 0 Å². The second kappa shape index (κ2) is 6.94. The molecule has 20 heavy (non-hydrogen) atoms. The minimum atomic E-state index is -2.80. The fraction of sp³-hybridized carbons (Fsp3) is 0.692. The highest BCUT2D eigenvalue weighted by atomic mass is 32.5. The van der Waals surface area contributed by atoms with Crippen molar-refractivity contribution in [3.05, 3.63) is 18.2 Å². The maximum atomic E-state index is 5.68. The molecule has 7 heteroatoms. The first-order valence-electron chi connectivity index (χ1n) is 6.61. The summed E-state index contributed by atoms with van der Waals surface area (Å²) in [6.07, 6.45) is 3.15. The van der Waals surface area contributed by atoms with Gasteiger partial charge in [0.2, 0.25) is 0 Å². The Morgan fingerprint density at radius 3 is 2.20 bits per heavy atom. The van der Waals surface area contributed by atoms with Crippen LogP contribution in [0.5, 0.6) is 5.75 Å². The van der Waals surface area contributed by atoms with Crippen LogP contribution >= 0.6 is 6.72 Å². The molecule has 0 radical (unpaired) electrons. The molecule has 0 saturated heterocycles. The lowest BCUT2D eigenvalue weighted by molar-refractivity contribution is 0.171. The molecule has 0 aliphatic heterocycles. The highest BCUT2D eigenvalue weighted by molar-refractivity contribution is 8.07. The van der Waals surface area contributed by atoms with Crippen LogP contribution in [0.2, 0.25) is 0 Å². The number of nitrogens with zero attached hydrogens (tertiary/aromatic N) is 2. The lowest BCUT2D eigenvalue weighted by atomic mass is 9.96. The molecular weight excluding hydrogens is 295 g/mol. The van der Waals surface area contributed by atoms with E-state index in [2.05, 4.69) is 30.7 Å². The van der Waals surface area contributed by atoms with Crippen molar-refractivity contribution in [2.45, 2.75) is 53.1 Å². The fourth-order valence-corrected chi connectivity index (χ4v) is 3.81. The summed E-state index contributed by atoms with van der Waals surface area (Å²) in [6, 6.07) is 0. The average Bonchev–Trinajstić information content (AvgIpc) is 2.27. The molecule has 1 heterocycles. The van der Waals surface area contributed by atoms with Crippen LogP contribution in [0.3, 0.4) is 0 Å². The van der Waals surface area contributed by atoms with Gasteiger partial charge in [-0.1, -0.05) is 20.8 Å². The lowest BCUT2D eigenvalue weighted by Gasteiger charge is -2.23. The zero-order valence-corrected chi connectivity index (χ0v) is 14.6. The van der Waals surface area contributed by atoms with Crippen LogP contribution in [0.25, 0.3) is 0 Å². The highest BCUT2D eigenvalue weighted by Crippen LogP contribution is 2.50. The highest BCUT2D eigenvalue weighted by Gasteiger charge is 2.24. The van der Waals surface area contributed by atoms with Gasteiger partial charge in [0, 0.05) is 17.2 Å². The third-order valence-corrected chi connectivity index (χ3v) is 4.63. The monoisotopic (exact) mass is 318 g/mol. The molecule has 0 N–H and O–H groups in total. The van der Waals surface area contributed by atoms with Crippen molar-refractivity contribution in [2.75, 3.05) is 6.61 Å². The van der Waals surface area contributed by atoms with Gasteiger partial charge in [0.05, 0.1) is 25.1 Å². The van der Waals surface area contributed by atoms with Crippen LogP contribution < -0.4 is 4.52 Å². The number of rotatable bonds is 6. The molecule has 0 bridgehead atoms. The van der Waals surface area contributed by atoms with E-state index in [9.17, 15) is 0 Å². The molecule has 0 spiro atoms. The molecule has 1 aromatic heterocycles. The van der Waals surface area contributed by atoms with E-state index in [4.69, 9.17) is 25.4 Å². The Morgan fingerprint density at radius 1 is 1.25 bits per heavy atom. The summed E-state index contributed by atoms with van der Waals surface area (Å²) >= 11 is 5.35. The zero-order valence-electron chi connectivity index (χ0n) is 12.9. The van der Waals surface area contributed by atoms with Gasteiger partial charge in [-0.05, 0) is 20.8 Å². The second-order valence-corrected chi connectivity index (χ2v) is 8.49. The molecule has 5 nitrogen and oxygen atoms in total. The van der Waals surface area contributed by atoms with E-state index in [0.717, 1.165) is 5.82 Å². The summed E-state index contributed by atoms with van der Waals surface area (Å²) in [5, 5.41) is 0. The molecular formula is C13H23N2O3PS. The Hall–Kier alpha value is -0.550. The van der Waals surface area contributed by atoms with Gasteiger partial charge < -0.3 is 4.52 Å². The molecule has 1 rings (SSSR count). The van der Waals surface area contributed by atoms with Gasteiger partial charge in [-0.2, -0.15) is 0 Å². The largest absolute Gasteiger partial charge is 0.421 e. The van der Waals surface area contributed by atoms with Crippen molar-refractivity contribution in [3.63, 3.8) is 0 Å². The summed E-state index contributed by atoms with van der Waals surface area (Å²) < 4.78 is 16.8. The fourth-order valence-electron chi connectivity index (χ4n) is 1.37. The van der Waals surface area contributed by atoms with E-state index in [1.54, 1.807) is 12.4 Å². The van der Waals surface area contributed by atoms with Crippen LogP contribution in [-0.4, -0.2) is 22.7 Å². The Labute approximate surface area is 126 Å². The Balaban J connectivity index is 2.87. The zero-order chi connectivity index (χ0) is 15.4. The van der Waals surface area contributed by atoms with Crippen molar-refractivity contribution in [3.8, 4) is 5.75 Å². The second-order valence-electron chi connectivity index (χ2n) is 5.60. The quantitative estimate of drug-likeness (QED) is 0.743. The number of hydrogen-bond acceptors (Lipinski definition) is 6. The first kappa shape index (κ1) is 17.5. The predicted molar refractivity (Wildman–Crippen MR) is 83.5 cm³/mol. The summed E-state index contributed by atoms with van der Waals surface area (Å²) in [7, 11) is 0. The van der Waals surface area contributed by atoms with E-state index in [1.165, 1.54) is 0 Å². The summed E-state index contributed by atoms with van der Waals surface area (Å²) in [5.41, 5.74) is -0.104. The van der Waals surface area contributed by atoms with Crippen molar-refractivity contribution < 1.29 is 13.6 Å². The van der Waals surface area contributed by atoms with Crippen LogP contribution in [-0.2, 0) is 26.3 Å². The van der Waals surface area contributed by atoms with Crippen LogP contribution in [0.1, 0.15) is 47.4 Å². The molecule has 1 atom stereocenters. The maximum absolute atomic E-state index is 5.68. The van der Waals surface area contributed by atoms with Gasteiger partial charge in [0.1, 0.15) is 5.82 Å². The van der Waals surface area contributed by atoms with Gasteiger partial charge in [-0.15, -0.1) is 0 Å². The minimum Gasteiger partial charge on any atom is -0.421 e. The SMILES string of the molecule is CCO[P@](=S)(Oc1cnc(C(C)(C)C)nc1)OC(C)C. The standard InChI is InChI=1S/C13H23N2O3PS/c1-7-16-19(20,17-10(2)3)18-11-8-14-12(15-9-11)13(4,5)6/h8-10H,7H2,1-6H3/t19-/m1/s1. The molecule has 1 aromatic rings. The first-order chi connectivity index (χ1) is 9.16. The molecule has 0 amide bonds. The van der Waals surface area contributed by atoms with Gasteiger partial charge >= 0.3 is 6.72 Å².